The second-order valence-electron chi connectivity index (χ2n) is 6.18. The maximum atomic E-state index is 12.4. The van der Waals surface area contributed by atoms with E-state index in [2.05, 4.69) is 5.32 Å². The maximum absolute atomic E-state index is 12.4. The standard InChI is InChI=1S/C23H21NO5/c1-16(28-23(26)20-10-6-7-11-21(20)27-2)22(25)24-17-12-14-19(15-13-17)29-18-8-4-3-5-9-18/h3-16H,1-2H3,(H,24,25)/t16-/m1/s1. The van der Waals surface area contributed by atoms with E-state index in [1.54, 1.807) is 48.5 Å². The monoisotopic (exact) mass is 391 g/mol. The van der Waals surface area contributed by atoms with Crippen LogP contribution in [0.4, 0.5) is 5.69 Å². The first-order valence-electron chi connectivity index (χ1n) is 9.04. The van der Waals surface area contributed by atoms with Crippen molar-refractivity contribution in [2.75, 3.05) is 12.4 Å². The van der Waals surface area contributed by atoms with Crippen LogP contribution in [0.25, 0.3) is 0 Å². The third-order valence-electron chi connectivity index (χ3n) is 4.08. The highest BCUT2D eigenvalue weighted by Gasteiger charge is 2.21. The molecule has 0 bridgehead atoms. The molecule has 6 heteroatoms. The Balaban J connectivity index is 1.57. The molecule has 1 N–H and O–H groups in total. The van der Waals surface area contributed by atoms with E-state index in [4.69, 9.17) is 14.2 Å². The van der Waals surface area contributed by atoms with Crippen LogP contribution < -0.4 is 14.8 Å². The molecule has 1 amide bonds. The van der Waals surface area contributed by atoms with Crippen molar-refractivity contribution in [3.8, 4) is 17.2 Å². The number of ether oxygens (including phenoxy) is 3. The predicted octanol–water partition coefficient (Wildman–Crippen LogP) is 4.67. The summed E-state index contributed by atoms with van der Waals surface area (Å²) in [6, 6.07) is 23.0. The molecular formula is C23H21NO5. The molecule has 0 fully saturated rings. The molecule has 3 aromatic carbocycles. The van der Waals surface area contributed by atoms with Crippen LogP contribution in [0.5, 0.6) is 17.2 Å². The minimum atomic E-state index is -0.979. The van der Waals surface area contributed by atoms with Crippen molar-refractivity contribution in [3.05, 3.63) is 84.4 Å². The largest absolute Gasteiger partial charge is 0.496 e. The summed E-state index contributed by atoms with van der Waals surface area (Å²) in [5.41, 5.74) is 0.827. The number of esters is 1. The Bertz CT molecular complexity index is 970. The second kappa shape index (κ2) is 9.41. The molecule has 29 heavy (non-hydrogen) atoms. The fourth-order valence-electron chi connectivity index (χ4n) is 2.57. The first-order valence-corrected chi connectivity index (χ1v) is 9.04. The van der Waals surface area contributed by atoms with Crippen LogP contribution in [-0.2, 0) is 9.53 Å². The quantitative estimate of drug-likeness (QED) is 0.593. The maximum Gasteiger partial charge on any atom is 0.342 e. The Kier molecular flexibility index (Phi) is 6.47. The van der Waals surface area contributed by atoms with Gasteiger partial charge in [-0.3, -0.25) is 4.79 Å². The Morgan fingerprint density at radius 1 is 0.828 bits per heavy atom. The summed E-state index contributed by atoms with van der Waals surface area (Å²) in [5.74, 6) is 0.687. The molecule has 0 aliphatic heterocycles. The number of carbonyl (C=O) groups is 2. The number of amides is 1. The van der Waals surface area contributed by atoms with Gasteiger partial charge in [0.1, 0.15) is 22.8 Å². The Morgan fingerprint density at radius 2 is 1.45 bits per heavy atom. The van der Waals surface area contributed by atoms with E-state index < -0.39 is 18.0 Å². The molecule has 0 spiro atoms. The van der Waals surface area contributed by atoms with Gasteiger partial charge in [0.2, 0.25) is 0 Å². The number of methoxy groups -OCH3 is 1. The third-order valence-corrected chi connectivity index (χ3v) is 4.08. The van der Waals surface area contributed by atoms with Gasteiger partial charge in [0, 0.05) is 5.69 Å². The summed E-state index contributed by atoms with van der Waals surface area (Å²) >= 11 is 0. The molecule has 148 valence electrons. The lowest BCUT2D eigenvalue weighted by atomic mass is 10.2. The van der Waals surface area contributed by atoms with Gasteiger partial charge in [0.15, 0.2) is 6.10 Å². The van der Waals surface area contributed by atoms with Crippen LogP contribution in [0, 0.1) is 0 Å². The molecule has 0 aliphatic carbocycles. The van der Waals surface area contributed by atoms with Crippen LogP contribution in [0.2, 0.25) is 0 Å². The van der Waals surface area contributed by atoms with E-state index in [0.29, 0.717) is 17.2 Å². The van der Waals surface area contributed by atoms with E-state index in [0.717, 1.165) is 5.75 Å². The van der Waals surface area contributed by atoms with Gasteiger partial charge in [-0.2, -0.15) is 0 Å². The summed E-state index contributed by atoms with van der Waals surface area (Å²) in [6.45, 7) is 1.51. The smallest absolute Gasteiger partial charge is 0.342 e. The lowest BCUT2D eigenvalue weighted by Gasteiger charge is -2.15. The number of hydrogen-bond donors (Lipinski definition) is 1. The molecule has 3 rings (SSSR count). The fourth-order valence-corrected chi connectivity index (χ4v) is 2.57. The highest BCUT2D eigenvalue weighted by atomic mass is 16.5. The van der Waals surface area contributed by atoms with Gasteiger partial charge in [-0.25, -0.2) is 4.79 Å². The fraction of sp³-hybridized carbons (Fsp3) is 0.130. The van der Waals surface area contributed by atoms with E-state index >= 15 is 0 Å². The summed E-state index contributed by atoms with van der Waals surface area (Å²) in [6.07, 6.45) is -0.979. The highest BCUT2D eigenvalue weighted by Crippen LogP contribution is 2.23. The summed E-state index contributed by atoms with van der Waals surface area (Å²) < 4.78 is 16.1. The predicted molar refractivity (Wildman–Crippen MR) is 109 cm³/mol. The Hall–Kier alpha value is -3.80. The van der Waals surface area contributed by atoms with Crippen LogP contribution >= 0.6 is 0 Å². The van der Waals surface area contributed by atoms with Crippen LogP contribution in [0.3, 0.4) is 0 Å². The van der Waals surface area contributed by atoms with Crippen molar-refractivity contribution in [2.45, 2.75) is 13.0 Å². The molecule has 3 aromatic rings. The van der Waals surface area contributed by atoms with Gasteiger partial charge >= 0.3 is 5.97 Å². The molecule has 0 saturated heterocycles. The molecule has 1 atom stereocenters. The second-order valence-corrected chi connectivity index (χ2v) is 6.18. The molecule has 6 nitrogen and oxygen atoms in total. The lowest BCUT2D eigenvalue weighted by Crippen LogP contribution is -2.30. The molecule has 0 saturated carbocycles. The van der Waals surface area contributed by atoms with Crippen molar-refractivity contribution in [1.29, 1.82) is 0 Å². The molecule has 0 aliphatic rings. The average molecular weight is 391 g/mol. The summed E-state index contributed by atoms with van der Waals surface area (Å²) in [4.78, 5) is 24.7. The van der Waals surface area contributed by atoms with Gasteiger partial charge in [0.05, 0.1) is 7.11 Å². The minimum Gasteiger partial charge on any atom is -0.496 e. The number of benzene rings is 3. The minimum absolute atomic E-state index is 0.261. The number of hydrogen-bond acceptors (Lipinski definition) is 5. The first-order chi connectivity index (χ1) is 14.1. The number of rotatable bonds is 7. The number of carbonyl (C=O) groups excluding carboxylic acids is 2. The lowest BCUT2D eigenvalue weighted by molar-refractivity contribution is -0.123. The molecule has 0 heterocycles. The highest BCUT2D eigenvalue weighted by molar-refractivity contribution is 5.98. The van der Waals surface area contributed by atoms with E-state index in [1.165, 1.54) is 14.0 Å². The van der Waals surface area contributed by atoms with Gasteiger partial charge in [-0.05, 0) is 55.5 Å². The van der Waals surface area contributed by atoms with Gasteiger partial charge in [0.25, 0.3) is 5.91 Å². The number of nitrogens with one attached hydrogen (secondary N) is 1. The van der Waals surface area contributed by atoms with Crippen LogP contribution in [-0.4, -0.2) is 25.1 Å². The van der Waals surface area contributed by atoms with Gasteiger partial charge in [-0.15, -0.1) is 0 Å². The normalized spacial score (nSPS) is 11.2. The summed E-state index contributed by atoms with van der Waals surface area (Å²) in [5, 5.41) is 2.72. The van der Waals surface area contributed by atoms with E-state index in [9.17, 15) is 9.59 Å². The summed E-state index contributed by atoms with van der Waals surface area (Å²) in [7, 11) is 1.47. The molecule has 0 aromatic heterocycles. The number of para-hydroxylation sites is 2. The molecule has 0 unspecified atom stereocenters. The van der Waals surface area contributed by atoms with Crippen molar-refractivity contribution in [3.63, 3.8) is 0 Å². The van der Waals surface area contributed by atoms with Crippen molar-refractivity contribution < 1.29 is 23.8 Å². The molecule has 0 radical (unpaired) electrons. The van der Waals surface area contributed by atoms with E-state index in [1.807, 2.05) is 30.3 Å². The SMILES string of the molecule is COc1ccccc1C(=O)O[C@H](C)C(=O)Nc1ccc(Oc2ccccc2)cc1. The average Bonchev–Trinajstić information content (AvgIpc) is 2.75. The van der Waals surface area contributed by atoms with Crippen molar-refractivity contribution in [2.24, 2.45) is 0 Å². The zero-order chi connectivity index (χ0) is 20.6. The van der Waals surface area contributed by atoms with E-state index in [-0.39, 0.29) is 5.56 Å². The Morgan fingerprint density at radius 3 is 2.14 bits per heavy atom. The molecular weight excluding hydrogens is 370 g/mol. The van der Waals surface area contributed by atoms with Crippen LogP contribution in [0.15, 0.2) is 78.9 Å². The zero-order valence-corrected chi connectivity index (χ0v) is 16.1. The Labute approximate surface area is 169 Å². The van der Waals surface area contributed by atoms with Crippen molar-refractivity contribution in [1.82, 2.24) is 0 Å². The van der Waals surface area contributed by atoms with Crippen molar-refractivity contribution >= 4 is 17.6 Å². The van der Waals surface area contributed by atoms with Gasteiger partial charge in [-0.1, -0.05) is 30.3 Å². The van der Waals surface area contributed by atoms with Gasteiger partial charge < -0.3 is 19.5 Å². The first kappa shape index (κ1) is 19.9. The topological polar surface area (TPSA) is 73.9 Å². The third kappa shape index (κ3) is 5.35. The van der Waals surface area contributed by atoms with Crippen LogP contribution in [0.1, 0.15) is 17.3 Å². The number of anilines is 1. The zero-order valence-electron chi connectivity index (χ0n) is 16.1.